The first-order valence-corrected chi connectivity index (χ1v) is 13.8. The molecule has 1 aliphatic heterocycles. The van der Waals surface area contributed by atoms with E-state index in [1.165, 1.54) is 5.69 Å². The maximum absolute atomic E-state index is 11.5. The molecule has 1 aliphatic rings. The van der Waals surface area contributed by atoms with Gasteiger partial charge in [-0.1, -0.05) is 12.1 Å². The highest BCUT2D eigenvalue weighted by atomic mass is 32.1. The summed E-state index contributed by atoms with van der Waals surface area (Å²) in [5.74, 6) is -1.85. The van der Waals surface area contributed by atoms with Gasteiger partial charge in [0.15, 0.2) is 0 Å². The summed E-state index contributed by atoms with van der Waals surface area (Å²) in [4.78, 5) is 23.0. The van der Waals surface area contributed by atoms with Gasteiger partial charge in [-0.15, -0.1) is 0 Å². The Kier molecular flexibility index (Phi) is 10.7. The number of thiophene rings is 2. The van der Waals surface area contributed by atoms with Crippen molar-refractivity contribution < 1.29 is 34.5 Å². The number of carbonyl (C=O) groups is 2. The Labute approximate surface area is 224 Å². The molecule has 0 saturated carbocycles. The lowest BCUT2D eigenvalue weighted by molar-refractivity contribution is -0.900. The van der Waals surface area contributed by atoms with Crippen LogP contribution in [0.5, 0.6) is 5.75 Å². The van der Waals surface area contributed by atoms with Crippen molar-refractivity contribution in [2.24, 2.45) is 0 Å². The highest BCUT2D eigenvalue weighted by molar-refractivity contribution is 7.08. The van der Waals surface area contributed by atoms with E-state index >= 15 is 0 Å². The second-order valence-corrected chi connectivity index (χ2v) is 10.2. The van der Waals surface area contributed by atoms with Crippen molar-refractivity contribution in [1.29, 1.82) is 0 Å². The summed E-state index contributed by atoms with van der Waals surface area (Å²) in [5, 5.41) is 37.0. The molecule has 0 radical (unpaired) electrons. The van der Waals surface area contributed by atoms with Gasteiger partial charge in [-0.2, -0.15) is 22.7 Å². The number of benzene rings is 1. The van der Waals surface area contributed by atoms with Crippen LogP contribution in [-0.2, 0) is 15.2 Å². The molecule has 0 atom stereocenters. The largest absolute Gasteiger partial charge is 0.545 e. The normalized spacial score (nSPS) is 14.3. The minimum Gasteiger partial charge on any atom is -0.545 e. The van der Waals surface area contributed by atoms with Crippen LogP contribution in [-0.4, -0.2) is 62.0 Å². The number of piperazine rings is 1. The molecule has 1 saturated heterocycles. The molecule has 3 heterocycles. The lowest BCUT2D eigenvalue weighted by Gasteiger charge is -2.35. The monoisotopic (exact) mass is 544 g/mol. The number of quaternary nitrogens is 1. The molecule has 8 nitrogen and oxygen atoms in total. The van der Waals surface area contributed by atoms with Crippen molar-refractivity contribution >= 4 is 40.3 Å². The summed E-state index contributed by atoms with van der Waals surface area (Å²) in [6.07, 6.45) is 2.71. The first kappa shape index (κ1) is 28.4. The molecule has 4 rings (SSSR count). The molecule has 1 aromatic carbocycles. The molecule has 37 heavy (non-hydrogen) atoms. The number of carboxylic acid groups (broad SMARTS) is 2. The van der Waals surface area contributed by atoms with Crippen LogP contribution in [0.2, 0.25) is 0 Å². The first-order valence-electron chi connectivity index (χ1n) is 11.9. The smallest absolute Gasteiger partial charge is 0.328 e. The Bertz CT molecular complexity index is 1090. The van der Waals surface area contributed by atoms with Crippen LogP contribution >= 0.6 is 22.7 Å². The number of nitrogens with zero attached hydrogens (tertiary/aromatic N) is 1. The summed E-state index contributed by atoms with van der Waals surface area (Å²) < 4.78 is 5.52. The number of para-hydroxylation sites is 2. The zero-order chi connectivity index (χ0) is 26.7. The van der Waals surface area contributed by atoms with E-state index in [-0.39, 0.29) is 0 Å². The fraction of sp³-hybridized carbons (Fsp3) is 0.333. The predicted octanol–water partition coefficient (Wildman–Crippen LogP) is 1.62. The molecule has 0 amide bonds. The number of aliphatic carboxylic acids is 2. The number of carboxylic acids is 2. The lowest BCUT2D eigenvalue weighted by atomic mass is 9.85. The Balaban J connectivity index is 0.000000414. The number of anilines is 1. The molecule has 198 valence electrons. The fourth-order valence-corrected chi connectivity index (χ4v) is 5.84. The Morgan fingerprint density at radius 3 is 2.19 bits per heavy atom. The maximum Gasteiger partial charge on any atom is 0.328 e. The van der Waals surface area contributed by atoms with Gasteiger partial charge in [-0.3, -0.25) is 0 Å². The van der Waals surface area contributed by atoms with Gasteiger partial charge in [0.25, 0.3) is 0 Å². The molecule has 1 fully saturated rings. The number of nitrogens with one attached hydrogen (secondary N) is 1. The average molecular weight is 545 g/mol. The number of ether oxygens (including phenoxy) is 1. The van der Waals surface area contributed by atoms with E-state index in [9.17, 15) is 19.8 Å². The third kappa shape index (κ3) is 8.16. The van der Waals surface area contributed by atoms with Crippen molar-refractivity contribution in [3.05, 3.63) is 81.2 Å². The van der Waals surface area contributed by atoms with E-state index in [4.69, 9.17) is 9.84 Å². The molecule has 3 N–H and O–H groups in total. The molecule has 10 heteroatoms. The van der Waals surface area contributed by atoms with E-state index in [0.29, 0.717) is 12.2 Å². The number of rotatable bonds is 10. The zero-order valence-corrected chi connectivity index (χ0v) is 22.3. The zero-order valence-electron chi connectivity index (χ0n) is 20.7. The number of hydrogen-bond acceptors (Lipinski definition) is 8. The molecule has 0 spiro atoms. The van der Waals surface area contributed by atoms with Gasteiger partial charge in [0.1, 0.15) is 11.4 Å². The number of methoxy groups -OCH3 is 1. The minimum absolute atomic E-state index is 0.447. The second kappa shape index (κ2) is 13.9. The predicted molar refractivity (Wildman–Crippen MR) is 143 cm³/mol. The van der Waals surface area contributed by atoms with Gasteiger partial charge in [-0.05, 0) is 75.8 Å². The van der Waals surface area contributed by atoms with Crippen LogP contribution in [0.25, 0.3) is 0 Å². The van der Waals surface area contributed by atoms with Gasteiger partial charge < -0.3 is 34.7 Å². The van der Waals surface area contributed by atoms with Crippen molar-refractivity contribution in [3.8, 4) is 5.75 Å². The molecule has 0 aliphatic carbocycles. The quantitative estimate of drug-likeness (QED) is 0.332. The molecule has 0 bridgehead atoms. The maximum atomic E-state index is 11.5. The van der Waals surface area contributed by atoms with Gasteiger partial charge in [0.2, 0.25) is 0 Å². The highest BCUT2D eigenvalue weighted by Gasteiger charge is 2.32. The molecule has 0 unspecified atom stereocenters. The summed E-state index contributed by atoms with van der Waals surface area (Å²) >= 11 is 3.30. The average Bonchev–Trinajstić information content (AvgIpc) is 3.64. The molecular formula is C27H32N2O6S2. The van der Waals surface area contributed by atoms with Crippen LogP contribution < -0.4 is 19.6 Å². The van der Waals surface area contributed by atoms with E-state index in [0.717, 1.165) is 62.4 Å². The first-order chi connectivity index (χ1) is 17.8. The molecular weight excluding hydrogens is 512 g/mol. The van der Waals surface area contributed by atoms with Crippen LogP contribution in [0.1, 0.15) is 24.0 Å². The summed E-state index contributed by atoms with van der Waals surface area (Å²) in [6.45, 7) is 5.40. The SMILES string of the molecule is COc1ccccc1N1CC[NH+](CCCC(O)(c2ccsc2)c2ccsc2)CC1.O=C([O-])/C=C/C(=O)O. The van der Waals surface area contributed by atoms with E-state index in [1.54, 1.807) is 34.7 Å². The van der Waals surface area contributed by atoms with Gasteiger partial charge in [0, 0.05) is 6.08 Å². The number of carbonyl (C=O) groups excluding carboxylic acids is 1. The summed E-state index contributed by atoms with van der Waals surface area (Å²) in [5.41, 5.74) is 2.38. The van der Waals surface area contributed by atoms with Crippen LogP contribution in [0, 0.1) is 0 Å². The highest BCUT2D eigenvalue weighted by Crippen LogP contribution is 2.36. The van der Waals surface area contributed by atoms with Gasteiger partial charge in [-0.25, -0.2) is 4.79 Å². The van der Waals surface area contributed by atoms with E-state index in [2.05, 4.69) is 50.7 Å². The summed E-state index contributed by atoms with van der Waals surface area (Å²) in [6, 6.07) is 12.4. The standard InChI is InChI=1S/C23H28N2O2S2.C4H4O4/c1-27-22-6-3-2-5-21(22)25-13-11-24(12-14-25)10-4-9-23(26,19-7-15-28-17-19)20-8-16-29-18-20;5-3(6)1-2-4(7)8/h2-3,5-8,15-18,26H,4,9-14H2,1H3;1-2H,(H,5,6)(H,7,8)/b;2-1+. The third-order valence-electron chi connectivity index (χ3n) is 6.32. The van der Waals surface area contributed by atoms with Crippen LogP contribution in [0.3, 0.4) is 0 Å². The van der Waals surface area contributed by atoms with Crippen LogP contribution in [0.15, 0.2) is 70.1 Å². The third-order valence-corrected chi connectivity index (χ3v) is 7.69. The molecule has 3 aromatic rings. The van der Waals surface area contributed by atoms with Gasteiger partial charge >= 0.3 is 5.97 Å². The second-order valence-electron chi connectivity index (χ2n) is 8.64. The van der Waals surface area contributed by atoms with E-state index < -0.39 is 17.5 Å². The Morgan fingerprint density at radius 2 is 1.70 bits per heavy atom. The minimum atomic E-state index is -1.51. The number of aliphatic hydroxyl groups is 1. The van der Waals surface area contributed by atoms with Crippen molar-refractivity contribution in [3.63, 3.8) is 0 Å². The van der Waals surface area contributed by atoms with E-state index in [1.807, 2.05) is 12.1 Å². The van der Waals surface area contributed by atoms with Crippen molar-refractivity contribution in [2.75, 3.05) is 44.7 Å². The fourth-order valence-electron chi connectivity index (χ4n) is 4.39. The van der Waals surface area contributed by atoms with Crippen LogP contribution in [0.4, 0.5) is 5.69 Å². The summed E-state index contributed by atoms with van der Waals surface area (Å²) in [7, 11) is 1.74. The van der Waals surface area contributed by atoms with Gasteiger partial charge in [0.05, 0.1) is 51.5 Å². The topological polar surface area (TPSA) is 115 Å². The number of hydrogen-bond donors (Lipinski definition) is 3. The Morgan fingerprint density at radius 1 is 1.08 bits per heavy atom. The van der Waals surface area contributed by atoms with Crippen molar-refractivity contribution in [1.82, 2.24) is 0 Å². The molecule has 2 aromatic heterocycles. The Hall–Kier alpha value is -3.18. The lowest BCUT2D eigenvalue weighted by Crippen LogP contribution is -3.14. The van der Waals surface area contributed by atoms with Crippen molar-refractivity contribution in [2.45, 2.75) is 18.4 Å².